The van der Waals surface area contributed by atoms with Crippen molar-refractivity contribution in [1.29, 1.82) is 0 Å². The zero-order chi connectivity index (χ0) is 20.0. The number of non-ortho nitro benzene ring substituents is 1. The minimum Gasteiger partial charge on any atom is -0.372 e. The summed E-state index contributed by atoms with van der Waals surface area (Å²) in [5.74, 6) is 0. The third-order valence-corrected chi connectivity index (χ3v) is 6.41. The van der Waals surface area contributed by atoms with Gasteiger partial charge in [0.2, 0.25) is 10.0 Å². The topological polar surface area (TPSA) is 92.5 Å². The smallest absolute Gasteiger partial charge is 0.270 e. The third-order valence-electron chi connectivity index (χ3n) is 4.95. The van der Waals surface area contributed by atoms with Crippen molar-refractivity contribution in [3.05, 3.63) is 64.2 Å². The predicted octanol–water partition coefficient (Wildman–Crippen LogP) is 3.50. The molecule has 0 bridgehead atoms. The van der Waals surface area contributed by atoms with Gasteiger partial charge in [-0.1, -0.05) is 31.0 Å². The van der Waals surface area contributed by atoms with E-state index in [0.29, 0.717) is 6.42 Å². The monoisotopic (exact) mass is 403 g/mol. The zero-order valence-corrected chi connectivity index (χ0v) is 16.5. The van der Waals surface area contributed by atoms with Crippen molar-refractivity contribution in [3.63, 3.8) is 0 Å². The van der Waals surface area contributed by atoms with Crippen molar-refractivity contribution in [3.8, 4) is 0 Å². The van der Waals surface area contributed by atoms with Crippen LogP contribution < -0.4 is 9.62 Å². The van der Waals surface area contributed by atoms with Crippen molar-refractivity contribution in [2.24, 2.45) is 0 Å². The number of rotatable bonds is 7. The Bertz CT molecular complexity index is 905. The lowest BCUT2D eigenvalue weighted by atomic mass is 10.1. The molecule has 0 saturated carbocycles. The fourth-order valence-electron chi connectivity index (χ4n) is 3.38. The number of nitro benzene ring substituents is 1. The Balaban J connectivity index is 1.57. The predicted molar refractivity (Wildman–Crippen MR) is 109 cm³/mol. The Morgan fingerprint density at radius 3 is 2.32 bits per heavy atom. The van der Waals surface area contributed by atoms with Gasteiger partial charge in [-0.05, 0) is 43.0 Å². The Morgan fingerprint density at radius 2 is 1.68 bits per heavy atom. The van der Waals surface area contributed by atoms with E-state index in [0.717, 1.165) is 24.7 Å². The summed E-state index contributed by atoms with van der Waals surface area (Å²) in [5, 5.41) is 10.8. The normalized spacial score (nSPS) is 15.2. The molecule has 0 spiro atoms. The number of nitrogens with one attached hydrogen (secondary N) is 1. The quantitative estimate of drug-likeness (QED) is 0.564. The first-order valence-electron chi connectivity index (χ1n) is 9.54. The van der Waals surface area contributed by atoms with Crippen molar-refractivity contribution < 1.29 is 13.3 Å². The summed E-state index contributed by atoms with van der Waals surface area (Å²) in [6, 6.07) is 13.3. The van der Waals surface area contributed by atoms with E-state index in [1.54, 1.807) is 0 Å². The first-order chi connectivity index (χ1) is 13.5. The summed E-state index contributed by atoms with van der Waals surface area (Å²) in [4.78, 5) is 12.5. The van der Waals surface area contributed by atoms with Crippen LogP contribution in [0.1, 0.15) is 31.2 Å². The van der Waals surface area contributed by atoms with Crippen LogP contribution in [0, 0.1) is 10.1 Å². The molecular formula is C20H25N3O4S. The number of benzene rings is 2. The molecular weight excluding hydrogens is 378 g/mol. The molecule has 0 aliphatic carbocycles. The molecule has 0 unspecified atom stereocenters. The average molecular weight is 404 g/mol. The Hall–Kier alpha value is -2.45. The van der Waals surface area contributed by atoms with Gasteiger partial charge in [0.1, 0.15) is 0 Å². The van der Waals surface area contributed by atoms with E-state index in [-0.39, 0.29) is 17.1 Å². The maximum absolute atomic E-state index is 12.3. The molecule has 7 nitrogen and oxygen atoms in total. The first kappa shape index (κ1) is 20.3. The van der Waals surface area contributed by atoms with Gasteiger partial charge in [-0.2, -0.15) is 0 Å². The number of hydrogen-bond acceptors (Lipinski definition) is 5. The summed E-state index contributed by atoms with van der Waals surface area (Å²) in [5.41, 5.74) is 2.01. The molecule has 0 amide bonds. The first-order valence-corrected chi connectivity index (χ1v) is 11.0. The van der Waals surface area contributed by atoms with E-state index in [1.165, 1.54) is 49.6 Å². The van der Waals surface area contributed by atoms with Crippen LogP contribution in [0.3, 0.4) is 0 Å². The van der Waals surface area contributed by atoms with Gasteiger partial charge >= 0.3 is 0 Å². The molecule has 150 valence electrons. The van der Waals surface area contributed by atoms with Crippen molar-refractivity contribution >= 4 is 21.4 Å². The fraction of sp³-hybridized carbons (Fsp3) is 0.400. The molecule has 2 aromatic rings. The SMILES string of the molecule is O=[N+]([O-])c1cccc(S(=O)(=O)NCCc2ccc(N3CCCCCC3)cc2)c1. The second-order valence-corrected chi connectivity index (χ2v) is 8.74. The van der Waals surface area contributed by atoms with E-state index in [1.807, 2.05) is 12.1 Å². The summed E-state index contributed by atoms with van der Waals surface area (Å²) in [6.07, 6.45) is 5.58. The second kappa shape index (κ2) is 9.16. The maximum atomic E-state index is 12.3. The number of nitro groups is 1. The third kappa shape index (κ3) is 5.30. The molecule has 3 rings (SSSR count). The second-order valence-electron chi connectivity index (χ2n) is 6.97. The highest BCUT2D eigenvalue weighted by Gasteiger charge is 2.17. The standard InChI is InChI=1S/C20H25N3O4S/c24-23(25)19-6-5-7-20(16-19)28(26,27)21-13-12-17-8-10-18(11-9-17)22-14-3-1-2-4-15-22/h5-11,16,21H,1-4,12-15H2. The lowest BCUT2D eigenvalue weighted by molar-refractivity contribution is -0.385. The van der Waals surface area contributed by atoms with Crippen LogP contribution in [0.2, 0.25) is 0 Å². The number of anilines is 1. The molecule has 1 aliphatic heterocycles. The highest BCUT2D eigenvalue weighted by atomic mass is 32.2. The van der Waals surface area contributed by atoms with E-state index >= 15 is 0 Å². The minimum absolute atomic E-state index is 0.0989. The largest absolute Gasteiger partial charge is 0.372 e. The van der Waals surface area contributed by atoms with Crippen LogP contribution in [0.15, 0.2) is 53.4 Å². The van der Waals surface area contributed by atoms with Gasteiger partial charge in [0.25, 0.3) is 5.69 Å². The van der Waals surface area contributed by atoms with Gasteiger partial charge in [0, 0.05) is 37.5 Å². The molecule has 8 heteroatoms. The van der Waals surface area contributed by atoms with Gasteiger partial charge in [-0.15, -0.1) is 0 Å². The van der Waals surface area contributed by atoms with Crippen LogP contribution in [0.5, 0.6) is 0 Å². The Kier molecular flexibility index (Phi) is 6.64. The summed E-state index contributed by atoms with van der Waals surface area (Å²) in [6.45, 7) is 2.40. The summed E-state index contributed by atoms with van der Waals surface area (Å²) >= 11 is 0. The van der Waals surface area contributed by atoms with Crippen LogP contribution in [0.4, 0.5) is 11.4 Å². The number of nitrogens with zero attached hydrogens (tertiary/aromatic N) is 2. The minimum atomic E-state index is -3.78. The van der Waals surface area contributed by atoms with Gasteiger partial charge in [-0.25, -0.2) is 13.1 Å². The molecule has 1 saturated heterocycles. The molecule has 1 aliphatic rings. The van der Waals surface area contributed by atoms with Crippen LogP contribution >= 0.6 is 0 Å². The highest BCUT2D eigenvalue weighted by Crippen LogP contribution is 2.20. The van der Waals surface area contributed by atoms with Gasteiger partial charge in [0.05, 0.1) is 9.82 Å². The van der Waals surface area contributed by atoms with Crippen molar-refractivity contribution in [2.75, 3.05) is 24.5 Å². The van der Waals surface area contributed by atoms with Crippen LogP contribution in [-0.2, 0) is 16.4 Å². The van der Waals surface area contributed by atoms with E-state index in [4.69, 9.17) is 0 Å². The van der Waals surface area contributed by atoms with Crippen LogP contribution in [-0.4, -0.2) is 33.0 Å². The lowest BCUT2D eigenvalue weighted by Crippen LogP contribution is -2.26. The number of hydrogen-bond donors (Lipinski definition) is 1. The fourth-order valence-corrected chi connectivity index (χ4v) is 4.45. The Labute approximate surface area is 165 Å². The molecule has 0 aromatic heterocycles. The highest BCUT2D eigenvalue weighted by molar-refractivity contribution is 7.89. The molecule has 0 radical (unpaired) electrons. The molecule has 1 N–H and O–H groups in total. The summed E-state index contributed by atoms with van der Waals surface area (Å²) < 4.78 is 27.2. The number of sulfonamides is 1. The molecule has 1 heterocycles. The lowest BCUT2D eigenvalue weighted by Gasteiger charge is -2.22. The summed E-state index contributed by atoms with van der Waals surface area (Å²) in [7, 11) is -3.78. The maximum Gasteiger partial charge on any atom is 0.270 e. The molecule has 0 atom stereocenters. The van der Waals surface area contributed by atoms with E-state index < -0.39 is 14.9 Å². The molecule has 28 heavy (non-hydrogen) atoms. The van der Waals surface area contributed by atoms with E-state index in [9.17, 15) is 18.5 Å². The molecule has 2 aromatic carbocycles. The van der Waals surface area contributed by atoms with E-state index in [2.05, 4.69) is 21.8 Å². The van der Waals surface area contributed by atoms with Crippen molar-refractivity contribution in [1.82, 2.24) is 4.72 Å². The van der Waals surface area contributed by atoms with Gasteiger partial charge in [0.15, 0.2) is 0 Å². The Morgan fingerprint density at radius 1 is 1.00 bits per heavy atom. The van der Waals surface area contributed by atoms with Gasteiger partial charge in [-0.3, -0.25) is 10.1 Å². The molecule has 1 fully saturated rings. The van der Waals surface area contributed by atoms with Gasteiger partial charge < -0.3 is 4.90 Å². The van der Waals surface area contributed by atoms with Crippen LogP contribution in [0.25, 0.3) is 0 Å². The average Bonchev–Trinajstić information content (AvgIpc) is 2.98. The zero-order valence-electron chi connectivity index (χ0n) is 15.7. The van der Waals surface area contributed by atoms with Crippen molar-refractivity contribution in [2.45, 2.75) is 37.0 Å².